The summed E-state index contributed by atoms with van der Waals surface area (Å²) in [6.07, 6.45) is 7.06. The van der Waals surface area contributed by atoms with Crippen LogP contribution in [0.5, 0.6) is 0 Å². The summed E-state index contributed by atoms with van der Waals surface area (Å²) in [6.45, 7) is 4.34. The molecular formula is C9H15NS. The van der Waals surface area contributed by atoms with Gasteiger partial charge in [0, 0.05) is 11.1 Å². The molecule has 1 aromatic rings. The molecule has 0 aliphatic heterocycles. The van der Waals surface area contributed by atoms with E-state index in [1.807, 2.05) is 17.5 Å². The van der Waals surface area contributed by atoms with Crippen molar-refractivity contribution in [3.8, 4) is 0 Å². The molecule has 0 bridgehead atoms. The SMILES string of the molecule is CCCCCc1ncc(C)s1. The van der Waals surface area contributed by atoms with Crippen LogP contribution in [0, 0.1) is 6.92 Å². The Hall–Kier alpha value is -0.370. The van der Waals surface area contributed by atoms with Crippen molar-refractivity contribution in [2.45, 2.75) is 39.5 Å². The molecule has 0 unspecified atom stereocenters. The van der Waals surface area contributed by atoms with Crippen LogP contribution >= 0.6 is 11.3 Å². The molecule has 0 saturated heterocycles. The van der Waals surface area contributed by atoms with Gasteiger partial charge in [0.2, 0.25) is 0 Å². The van der Waals surface area contributed by atoms with E-state index < -0.39 is 0 Å². The van der Waals surface area contributed by atoms with Crippen molar-refractivity contribution >= 4 is 11.3 Å². The van der Waals surface area contributed by atoms with E-state index in [1.54, 1.807) is 0 Å². The molecule has 1 aromatic heterocycles. The second-order valence-corrected chi connectivity index (χ2v) is 4.14. The molecule has 0 aliphatic carbocycles. The van der Waals surface area contributed by atoms with Crippen molar-refractivity contribution in [2.75, 3.05) is 0 Å². The first kappa shape index (κ1) is 8.72. The van der Waals surface area contributed by atoms with Gasteiger partial charge in [-0.3, -0.25) is 0 Å². The quantitative estimate of drug-likeness (QED) is 0.631. The number of aryl methyl sites for hydroxylation is 2. The first-order valence-corrected chi connectivity index (χ1v) is 5.06. The minimum Gasteiger partial charge on any atom is -0.249 e. The lowest BCUT2D eigenvalue weighted by Crippen LogP contribution is -1.81. The number of unbranched alkanes of at least 4 members (excludes halogenated alkanes) is 2. The Morgan fingerprint density at radius 2 is 2.27 bits per heavy atom. The lowest BCUT2D eigenvalue weighted by atomic mass is 10.2. The predicted molar refractivity (Wildman–Crippen MR) is 50.1 cm³/mol. The van der Waals surface area contributed by atoms with Gasteiger partial charge in [0.15, 0.2) is 0 Å². The van der Waals surface area contributed by atoms with Gasteiger partial charge in [0.05, 0.1) is 5.01 Å². The second-order valence-electron chi connectivity index (χ2n) is 2.82. The lowest BCUT2D eigenvalue weighted by molar-refractivity contribution is 0.715. The normalized spacial score (nSPS) is 10.4. The molecule has 0 amide bonds. The highest BCUT2D eigenvalue weighted by atomic mass is 32.1. The molecule has 1 rings (SSSR count). The fraction of sp³-hybridized carbons (Fsp3) is 0.667. The van der Waals surface area contributed by atoms with Gasteiger partial charge in [0.1, 0.15) is 0 Å². The van der Waals surface area contributed by atoms with Crippen LogP contribution in [0.25, 0.3) is 0 Å². The molecule has 11 heavy (non-hydrogen) atoms. The molecule has 62 valence electrons. The third-order valence-corrected chi connectivity index (χ3v) is 2.64. The summed E-state index contributed by atoms with van der Waals surface area (Å²) < 4.78 is 0. The van der Waals surface area contributed by atoms with E-state index in [9.17, 15) is 0 Å². The molecule has 0 radical (unpaired) electrons. The predicted octanol–water partition coefficient (Wildman–Crippen LogP) is 3.18. The average molecular weight is 169 g/mol. The largest absolute Gasteiger partial charge is 0.249 e. The minimum absolute atomic E-state index is 1.17. The Bertz CT molecular complexity index is 205. The van der Waals surface area contributed by atoms with E-state index in [2.05, 4.69) is 18.8 Å². The maximum absolute atomic E-state index is 4.31. The lowest BCUT2D eigenvalue weighted by Gasteiger charge is -1.92. The molecular weight excluding hydrogens is 154 g/mol. The summed E-state index contributed by atoms with van der Waals surface area (Å²) in [6, 6.07) is 0. The molecule has 2 heteroatoms. The highest BCUT2D eigenvalue weighted by Crippen LogP contribution is 2.13. The van der Waals surface area contributed by atoms with Gasteiger partial charge in [0.25, 0.3) is 0 Å². The molecule has 1 heterocycles. The molecule has 1 nitrogen and oxygen atoms in total. The van der Waals surface area contributed by atoms with E-state index in [0.29, 0.717) is 0 Å². The number of nitrogens with zero attached hydrogens (tertiary/aromatic N) is 1. The van der Waals surface area contributed by atoms with E-state index in [1.165, 1.54) is 35.6 Å². The fourth-order valence-electron chi connectivity index (χ4n) is 1.04. The number of aromatic nitrogens is 1. The Labute approximate surface area is 72.5 Å². The van der Waals surface area contributed by atoms with Crippen molar-refractivity contribution in [3.05, 3.63) is 16.1 Å². The Balaban J connectivity index is 2.27. The van der Waals surface area contributed by atoms with Gasteiger partial charge < -0.3 is 0 Å². The minimum atomic E-state index is 1.17. The third kappa shape index (κ3) is 3.02. The van der Waals surface area contributed by atoms with E-state index in [-0.39, 0.29) is 0 Å². The Kier molecular flexibility index (Phi) is 3.57. The van der Waals surface area contributed by atoms with E-state index in [4.69, 9.17) is 0 Å². The number of rotatable bonds is 4. The highest BCUT2D eigenvalue weighted by molar-refractivity contribution is 7.11. The standard InChI is InChI=1S/C9H15NS/c1-3-4-5-6-9-10-7-8(2)11-9/h7H,3-6H2,1-2H3. The zero-order valence-corrected chi connectivity index (χ0v) is 8.08. The summed E-state index contributed by atoms with van der Waals surface area (Å²) in [4.78, 5) is 5.64. The van der Waals surface area contributed by atoms with Gasteiger partial charge >= 0.3 is 0 Å². The summed E-state index contributed by atoms with van der Waals surface area (Å²) in [7, 11) is 0. The molecule has 0 spiro atoms. The first-order valence-electron chi connectivity index (χ1n) is 4.24. The summed E-state index contributed by atoms with van der Waals surface area (Å²) in [5.74, 6) is 0. The first-order chi connectivity index (χ1) is 5.33. The van der Waals surface area contributed by atoms with Crippen molar-refractivity contribution in [2.24, 2.45) is 0 Å². The monoisotopic (exact) mass is 169 g/mol. The number of hydrogen-bond donors (Lipinski definition) is 0. The van der Waals surface area contributed by atoms with Crippen molar-refractivity contribution in [1.82, 2.24) is 4.98 Å². The highest BCUT2D eigenvalue weighted by Gasteiger charge is 1.96. The number of thiazole rings is 1. The van der Waals surface area contributed by atoms with Crippen LogP contribution < -0.4 is 0 Å². The van der Waals surface area contributed by atoms with Gasteiger partial charge in [-0.15, -0.1) is 11.3 Å². The number of hydrogen-bond acceptors (Lipinski definition) is 2. The molecule has 0 N–H and O–H groups in total. The average Bonchev–Trinajstić information content (AvgIpc) is 2.37. The molecule has 0 aromatic carbocycles. The zero-order chi connectivity index (χ0) is 8.10. The van der Waals surface area contributed by atoms with E-state index in [0.717, 1.165) is 0 Å². The maximum atomic E-state index is 4.31. The van der Waals surface area contributed by atoms with Crippen LogP contribution in [-0.4, -0.2) is 4.98 Å². The van der Waals surface area contributed by atoms with Crippen molar-refractivity contribution in [3.63, 3.8) is 0 Å². The maximum Gasteiger partial charge on any atom is 0.0927 e. The summed E-state index contributed by atoms with van der Waals surface area (Å²) in [5.41, 5.74) is 0. The van der Waals surface area contributed by atoms with Gasteiger partial charge in [-0.1, -0.05) is 19.8 Å². The summed E-state index contributed by atoms with van der Waals surface area (Å²) in [5, 5.41) is 1.30. The molecule has 0 fully saturated rings. The van der Waals surface area contributed by atoms with Gasteiger partial charge in [-0.05, 0) is 19.8 Å². The van der Waals surface area contributed by atoms with Crippen LogP contribution in [0.4, 0.5) is 0 Å². The Morgan fingerprint density at radius 3 is 2.82 bits per heavy atom. The van der Waals surface area contributed by atoms with Gasteiger partial charge in [-0.2, -0.15) is 0 Å². The smallest absolute Gasteiger partial charge is 0.0927 e. The van der Waals surface area contributed by atoms with Crippen LogP contribution in [0.15, 0.2) is 6.20 Å². The second kappa shape index (κ2) is 4.50. The van der Waals surface area contributed by atoms with Gasteiger partial charge in [-0.25, -0.2) is 4.98 Å². The van der Waals surface area contributed by atoms with Crippen molar-refractivity contribution in [1.29, 1.82) is 0 Å². The molecule has 0 aliphatic rings. The van der Waals surface area contributed by atoms with Crippen molar-refractivity contribution < 1.29 is 0 Å². The fourth-order valence-corrected chi connectivity index (χ4v) is 1.87. The zero-order valence-electron chi connectivity index (χ0n) is 7.26. The Morgan fingerprint density at radius 1 is 1.45 bits per heavy atom. The molecule has 0 atom stereocenters. The van der Waals surface area contributed by atoms with E-state index >= 15 is 0 Å². The van der Waals surface area contributed by atoms with Crippen LogP contribution in [0.3, 0.4) is 0 Å². The topological polar surface area (TPSA) is 12.9 Å². The van der Waals surface area contributed by atoms with Crippen LogP contribution in [0.2, 0.25) is 0 Å². The third-order valence-electron chi connectivity index (χ3n) is 1.66. The molecule has 0 saturated carbocycles. The van der Waals surface area contributed by atoms with Crippen LogP contribution in [-0.2, 0) is 6.42 Å². The summed E-state index contributed by atoms with van der Waals surface area (Å²) >= 11 is 1.83. The van der Waals surface area contributed by atoms with Crippen LogP contribution in [0.1, 0.15) is 36.1 Å².